The van der Waals surface area contributed by atoms with E-state index in [9.17, 15) is 13.2 Å². The Balaban J connectivity index is 1.64. The van der Waals surface area contributed by atoms with Crippen LogP contribution in [0.1, 0.15) is 30.1 Å². The molecule has 0 spiro atoms. The molecule has 3 aromatic rings. The van der Waals surface area contributed by atoms with Crippen LogP contribution < -0.4 is 4.80 Å². The van der Waals surface area contributed by atoms with Gasteiger partial charge in [0, 0.05) is 18.7 Å². The summed E-state index contributed by atoms with van der Waals surface area (Å²) in [5, 5.41) is 0.532. The van der Waals surface area contributed by atoms with Gasteiger partial charge in [-0.05, 0) is 55.2 Å². The number of hydrogen-bond donors (Lipinski definition) is 0. The topological polar surface area (TPSA) is 71.7 Å². The van der Waals surface area contributed by atoms with Gasteiger partial charge in [-0.3, -0.25) is 4.79 Å². The smallest absolute Gasteiger partial charge is 0.279 e. The fourth-order valence-electron chi connectivity index (χ4n) is 3.71. The van der Waals surface area contributed by atoms with Crippen molar-refractivity contribution in [1.29, 1.82) is 0 Å². The molecular formula is C23H22ClN3O3S2. The van der Waals surface area contributed by atoms with Crippen molar-refractivity contribution < 1.29 is 13.2 Å². The summed E-state index contributed by atoms with van der Waals surface area (Å²) in [7, 11) is -3.57. The number of halogens is 1. The van der Waals surface area contributed by atoms with Gasteiger partial charge in [0.2, 0.25) is 10.0 Å². The van der Waals surface area contributed by atoms with Gasteiger partial charge in [-0.2, -0.15) is 9.30 Å². The first-order valence-electron chi connectivity index (χ1n) is 10.2. The average Bonchev–Trinajstić information content (AvgIpc) is 3.12. The number of benzene rings is 2. The Morgan fingerprint density at radius 1 is 1.22 bits per heavy atom. The van der Waals surface area contributed by atoms with Gasteiger partial charge >= 0.3 is 0 Å². The predicted molar refractivity (Wildman–Crippen MR) is 127 cm³/mol. The third-order valence-electron chi connectivity index (χ3n) is 5.58. The van der Waals surface area contributed by atoms with Crippen molar-refractivity contribution in [3.8, 4) is 12.3 Å². The number of amides is 1. The van der Waals surface area contributed by atoms with Crippen LogP contribution >= 0.6 is 22.9 Å². The first-order chi connectivity index (χ1) is 15.3. The quantitative estimate of drug-likeness (QED) is 0.519. The molecule has 1 aliphatic heterocycles. The number of thiazole rings is 1. The van der Waals surface area contributed by atoms with Crippen LogP contribution in [0, 0.1) is 18.3 Å². The zero-order valence-electron chi connectivity index (χ0n) is 17.5. The summed E-state index contributed by atoms with van der Waals surface area (Å²) in [5.74, 6) is 2.62. The van der Waals surface area contributed by atoms with E-state index in [1.165, 1.54) is 39.9 Å². The normalized spacial score (nSPS) is 16.3. The van der Waals surface area contributed by atoms with Gasteiger partial charge in [0.1, 0.15) is 0 Å². The molecule has 1 saturated heterocycles. The minimum atomic E-state index is -3.57. The SMILES string of the molecule is C#CCn1c(=NC(=O)c2ccc(S(=O)(=O)N3CCC(C)CC3)cc2)sc2cccc(Cl)c21. The molecule has 0 atom stereocenters. The van der Waals surface area contributed by atoms with E-state index in [1.807, 2.05) is 12.1 Å². The lowest BCUT2D eigenvalue weighted by atomic mass is 10.0. The molecule has 1 amide bonds. The Hall–Kier alpha value is -2.44. The Kier molecular flexibility index (Phi) is 6.54. The van der Waals surface area contributed by atoms with Crippen LogP contribution in [-0.2, 0) is 16.6 Å². The number of piperidine rings is 1. The molecule has 1 aliphatic rings. The molecule has 1 fully saturated rings. The fraction of sp³-hybridized carbons (Fsp3) is 0.304. The maximum atomic E-state index is 12.9. The van der Waals surface area contributed by atoms with Crippen LogP contribution in [-0.4, -0.2) is 36.3 Å². The third kappa shape index (κ3) is 4.39. The van der Waals surface area contributed by atoms with Gasteiger partial charge < -0.3 is 4.57 Å². The monoisotopic (exact) mass is 487 g/mol. The molecule has 1 aromatic heterocycles. The highest BCUT2D eigenvalue weighted by molar-refractivity contribution is 7.89. The molecule has 0 bridgehead atoms. The average molecular weight is 488 g/mol. The summed E-state index contributed by atoms with van der Waals surface area (Å²) in [4.78, 5) is 17.7. The molecule has 9 heteroatoms. The van der Waals surface area contributed by atoms with Crippen LogP contribution in [0.5, 0.6) is 0 Å². The highest BCUT2D eigenvalue weighted by Crippen LogP contribution is 2.26. The second-order valence-electron chi connectivity index (χ2n) is 7.79. The molecule has 0 N–H and O–H groups in total. The van der Waals surface area contributed by atoms with Crippen molar-refractivity contribution in [3.63, 3.8) is 0 Å². The number of fused-ring (bicyclic) bond motifs is 1. The molecular weight excluding hydrogens is 466 g/mol. The number of carbonyl (C=O) groups excluding carboxylic acids is 1. The molecule has 32 heavy (non-hydrogen) atoms. The van der Waals surface area contributed by atoms with E-state index < -0.39 is 15.9 Å². The van der Waals surface area contributed by atoms with Crippen molar-refractivity contribution in [3.05, 3.63) is 57.9 Å². The standard InChI is InChI=1S/C23H22ClN3O3S2/c1-3-13-27-21-19(24)5-4-6-20(21)31-23(27)25-22(28)17-7-9-18(10-8-17)32(29,30)26-14-11-16(2)12-15-26/h1,4-10,16H,11-15H2,2H3. The van der Waals surface area contributed by atoms with Gasteiger partial charge in [0.25, 0.3) is 5.91 Å². The predicted octanol–water partition coefficient (Wildman–Crippen LogP) is 4.15. The van der Waals surface area contributed by atoms with E-state index >= 15 is 0 Å². The molecule has 0 unspecified atom stereocenters. The third-order valence-corrected chi connectivity index (χ3v) is 8.84. The number of terminal acetylenes is 1. The lowest BCUT2D eigenvalue weighted by Crippen LogP contribution is -2.37. The van der Waals surface area contributed by atoms with E-state index in [1.54, 1.807) is 10.6 Å². The van der Waals surface area contributed by atoms with Gasteiger partial charge in [0.15, 0.2) is 4.80 Å². The molecule has 4 rings (SSSR count). The Labute approximate surface area is 196 Å². The van der Waals surface area contributed by atoms with Gasteiger partial charge in [-0.1, -0.05) is 41.8 Å². The van der Waals surface area contributed by atoms with Crippen molar-refractivity contribution in [2.24, 2.45) is 10.9 Å². The van der Waals surface area contributed by atoms with Crippen LogP contribution in [0.4, 0.5) is 0 Å². The van der Waals surface area contributed by atoms with Crippen molar-refractivity contribution >= 4 is 49.1 Å². The summed E-state index contributed by atoms with van der Waals surface area (Å²) >= 11 is 7.65. The number of rotatable bonds is 4. The molecule has 0 saturated carbocycles. The maximum absolute atomic E-state index is 12.9. The van der Waals surface area contributed by atoms with Crippen LogP contribution in [0.25, 0.3) is 10.2 Å². The van der Waals surface area contributed by atoms with E-state index in [0.29, 0.717) is 34.4 Å². The minimum absolute atomic E-state index is 0.180. The summed E-state index contributed by atoms with van der Waals surface area (Å²) < 4.78 is 29.9. The summed E-state index contributed by atoms with van der Waals surface area (Å²) in [5.41, 5.74) is 1.04. The zero-order valence-corrected chi connectivity index (χ0v) is 19.9. The minimum Gasteiger partial charge on any atom is -0.303 e. The largest absolute Gasteiger partial charge is 0.303 e. The molecule has 0 aliphatic carbocycles. The molecule has 0 radical (unpaired) electrons. The highest BCUT2D eigenvalue weighted by Gasteiger charge is 2.28. The van der Waals surface area contributed by atoms with Crippen molar-refractivity contribution in [1.82, 2.24) is 8.87 Å². The molecule has 2 heterocycles. The van der Waals surface area contributed by atoms with Gasteiger partial charge in [-0.25, -0.2) is 8.42 Å². The van der Waals surface area contributed by atoms with Crippen LogP contribution in [0.15, 0.2) is 52.4 Å². The van der Waals surface area contributed by atoms with E-state index in [0.717, 1.165) is 23.1 Å². The first-order valence-corrected chi connectivity index (χ1v) is 12.9. The summed E-state index contributed by atoms with van der Waals surface area (Å²) in [6.07, 6.45) is 7.21. The number of carbonyl (C=O) groups is 1. The Bertz CT molecular complexity index is 1370. The Morgan fingerprint density at radius 3 is 2.56 bits per heavy atom. The Morgan fingerprint density at radius 2 is 1.91 bits per heavy atom. The summed E-state index contributed by atoms with van der Waals surface area (Å²) in [6, 6.07) is 11.4. The zero-order chi connectivity index (χ0) is 22.9. The van der Waals surface area contributed by atoms with Gasteiger partial charge in [-0.15, -0.1) is 6.42 Å². The molecule has 2 aromatic carbocycles. The maximum Gasteiger partial charge on any atom is 0.279 e. The van der Waals surface area contributed by atoms with E-state index in [4.69, 9.17) is 18.0 Å². The number of para-hydroxylation sites is 1. The van der Waals surface area contributed by atoms with E-state index in [2.05, 4.69) is 17.8 Å². The second-order valence-corrected chi connectivity index (χ2v) is 11.1. The molecule has 166 valence electrons. The first kappa shape index (κ1) is 22.7. The molecule has 6 nitrogen and oxygen atoms in total. The fourth-order valence-corrected chi connectivity index (χ4v) is 6.56. The highest BCUT2D eigenvalue weighted by atomic mass is 35.5. The number of nitrogens with zero attached hydrogens (tertiary/aromatic N) is 3. The van der Waals surface area contributed by atoms with Gasteiger partial charge in [0.05, 0.1) is 26.7 Å². The van der Waals surface area contributed by atoms with Crippen LogP contribution in [0.3, 0.4) is 0 Å². The number of sulfonamides is 1. The number of hydrogen-bond acceptors (Lipinski definition) is 4. The second kappa shape index (κ2) is 9.20. The summed E-state index contributed by atoms with van der Waals surface area (Å²) in [6.45, 7) is 3.39. The lowest BCUT2D eigenvalue weighted by molar-refractivity contribution is 0.0998. The lowest BCUT2D eigenvalue weighted by Gasteiger charge is -2.29. The van der Waals surface area contributed by atoms with Crippen molar-refractivity contribution in [2.45, 2.75) is 31.2 Å². The number of aromatic nitrogens is 1. The van der Waals surface area contributed by atoms with E-state index in [-0.39, 0.29) is 11.4 Å². The van der Waals surface area contributed by atoms with Crippen LogP contribution in [0.2, 0.25) is 5.02 Å². The van der Waals surface area contributed by atoms with Crippen molar-refractivity contribution in [2.75, 3.05) is 13.1 Å².